The zero-order valence-corrected chi connectivity index (χ0v) is 15.2. The second-order valence-corrected chi connectivity index (χ2v) is 7.58. The van der Waals surface area contributed by atoms with Gasteiger partial charge in [0, 0.05) is 5.56 Å². The number of hydrogen-bond donors (Lipinski definition) is 3. The molecule has 1 aromatic carbocycles. The lowest BCUT2D eigenvalue weighted by molar-refractivity contribution is -1.02. The van der Waals surface area contributed by atoms with Crippen molar-refractivity contribution in [3.05, 3.63) is 41.0 Å². The van der Waals surface area contributed by atoms with Crippen molar-refractivity contribution in [3.63, 3.8) is 0 Å². The highest BCUT2D eigenvalue weighted by molar-refractivity contribution is 7.17. The Morgan fingerprint density at radius 1 is 1.28 bits per heavy atom. The minimum atomic E-state index is 0.0525. The minimum absolute atomic E-state index is 0.0525. The van der Waals surface area contributed by atoms with Gasteiger partial charge in [-0.15, -0.1) is 0 Å². The van der Waals surface area contributed by atoms with E-state index in [0.29, 0.717) is 0 Å². The molecule has 7 nitrogen and oxygen atoms in total. The molecule has 3 aromatic rings. The molecule has 1 aliphatic heterocycles. The molecular formula is C17H23N5O2S+2. The van der Waals surface area contributed by atoms with Crippen LogP contribution in [-0.4, -0.2) is 60.0 Å². The van der Waals surface area contributed by atoms with Gasteiger partial charge in [0.2, 0.25) is 10.8 Å². The minimum Gasteiger partial charge on any atom is -0.497 e. The predicted octanol–water partition coefficient (Wildman–Crippen LogP) is -0.992. The van der Waals surface area contributed by atoms with Crippen LogP contribution < -0.4 is 14.5 Å². The Hall–Kier alpha value is -2.16. The Morgan fingerprint density at radius 3 is 2.80 bits per heavy atom. The predicted molar refractivity (Wildman–Crippen MR) is 94.7 cm³/mol. The van der Waals surface area contributed by atoms with Crippen molar-refractivity contribution in [2.45, 2.75) is 6.04 Å². The number of rotatable bonds is 4. The number of quaternary nitrogens is 2. The van der Waals surface area contributed by atoms with Crippen LogP contribution in [0.5, 0.6) is 11.6 Å². The number of ether oxygens (including phenoxy) is 1. The molecule has 1 saturated heterocycles. The van der Waals surface area contributed by atoms with Crippen molar-refractivity contribution in [2.75, 3.05) is 40.3 Å². The highest BCUT2D eigenvalue weighted by atomic mass is 32.1. The quantitative estimate of drug-likeness (QED) is 0.558. The van der Waals surface area contributed by atoms with Crippen molar-refractivity contribution in [2.24, 2.45) is 0 Å². The molecule has 0 amide bonds. The van der Waals surface area contributed by atoms with Crippen LogP contribution in [0.3, 0.4) is 0 Å². The third-order valence-corrected chi connectivity index (χ3v) is 6.08. The summed E-state index contributed by atoms with van der Waals surface area (Å²) in [6.07, 6.45) is 1.47. The average Bonchev–Trinajstić information content (AvgIpc) is 3.21. The molecule has 1 aliphatic rings. The molecule has 0 spiro atoms. The lowest BCUT2D eigenvalue weighted by Gasteiger charge is -2.33. The van der Waals surface area contributed by atoms with Gasteiger partial charge in [-0.25, -0.2) is 4.98 Å². The van der Waals surface area contributed by atoms with E-state index in [1.54, 1.807) is 12.0 Å². The molecule has 8 heteroatoms. The van der Waals surface area contributed by atoms with E-state index >= 15 is 0 Å². The molecule has 1 fully saturated rings. The van der Waals surface area contributed by atoms with Crippen LogP contribution >= 0.6 is 11.3 Å². The van der Waals surface area contributed by atoms with Gasteiger partial charge in [0.15, 0.2) is 6.04 Å². The number of piperazine rings is 1. The number of likely N-dealkylation sites (N-methyl/N-ethyl adjacent to an activating group) is 1. The van der Waals surface area contributed by atoms with E-state index in [1.807, 2.05) is 12.1 Å². The Morgan fingerprint density at radius 2 is 2.08 bits per heavy atom. The molecule has 4 rings (SSSR count). The van der Waals surface area contributed by atoms with E-state index in [1.165, 1.54) is 27.1 Å². The van der Waals surface area contributed by atoms with Crippen LogP contribution in [0, 0.1) is 0 Å². The number of methoxy groups -OCH3 is 1. The third kappa shape index (κ3) is 2.97. The smallest absolute Gasteiger partial charge is 0.235 e. The molecule has 25 heavy (non-hydrogen) atoms. The van der Waals surface area contributed by atoms with Crippen LogP contribution in [0.1, 0.15) is 16.5 Å². The number of nitrogens with zero attached hydrogens (tertiary/aromatic N) is 3. The monoisotopic (exact) mass is 361 g/mol. The zero-order valence-electron chi connectivity index (χ0n) is 14.4. The summed E-state index contributed by atoms with van der Waals surface area (Å²) in [4.78, 5) is 8.89. The number of hydrogen-bond acceptors (Lipinski definition) is 5. The second kappa shape index (κ2) is 6.62. The van der Waals surface area contributed by atoms with E-state index in [0.717, 1.165) is 47.3 Å². The maximum absolute atomic E-state index is 10.7. The van der Waals surface area contributed by atoms with E-state index < -0.39 is 0 Å². The fourth-order valence-corrected chi connectivity index (χ4v) is 4.68. The third-order valence-electron chi connectivity index (χ3n) is 4.98. The molecule has 0 bridgehead atoms. The van der Waals surface area contributed by atoms with E-state index in [4.69, 9.17) is 4.74 Å². The Bertz CT molecular complexity index is 869. The summed E-state index contributed by atoms with van der Waals surface area (Å²) in [5.41, 5.74) is 1.15. The summed E-state index contributed by atoms with van der Waals surface area (Å²) < 4.78 is 6.94. The van der Waals surface area contributed by atoms with Gasteiger partial charge in [-0.1, -0.05) is 23.5 Å². The molecule has 0 unspecified atom stereocenters. The number of thiazole rings is 1. The largest absolute Gasteiger partial charge is 0.497 e. The van der Waals surface area contributed by atoms with Gasteiger partial charge in [0.1, 0.15) is 43.1 Å². The van der Waals surface area contributed by atoms with E-state index in [-0.39, 0.29) is 11.9 Å². The molecule has 132 valence electrons. The lowest BCUT2D eigenvalue weighted by atomic mass is 10.0. The SMILES string of the molecule is COc1cccc([C@H](c2sc3ncnn3c2O)[NH+]2CC[NH+](C)CC2)c1. The van der Waals surface area contributed by atoms with Gasteiger partial charge in [-0.05, 0) is 12.1 Å². The molecule has 0 aliphatic carbocycles. The summed E-state index contributed by atoms with van der Waals surface area (Å²) in [6, 6.07) is 8.19. The van der Waals surface area contributed by atoms with Crippen molar-refractivity contribution < 1.29 is 19.6 Å². The van der Waals surface area contributed by atoms with Crippen LogP contribution in [0.15, 0.2) is 30.6 Å². The summed E-state index contributed by atoms with van der Waals surface area (Å²) >= 11 is 1.51. The molecule has 0 radical (unpaired) electrons. The first-order chi connectivity index (χ1) is 12.2. The summed E-state index contributed by atoms with van der Waals surface area (Å²) in [6.45, 7) is 4.36. The van der Waals surface area contributed by atoms with Gasteiger partial charge >= 0.3 is 0 Å². The van der Waals surface area contributed by atoms with Crippen molar-refractivity contribution >= 4 is 16.3 Å². The molecule has 3 heterocycles. The van der Waals surface area contributed by atoms with Gasteiger partial charge < -0.3 is 19.6 Å². The fraction of sp³-hybridized carbons (Fsp3) is 0.412. The maximum atomic E-state index is 10.7. The van der Waals surface area contributed by atoms with Crippen molar-refractivity contribution in [1.29, 1.82) is 0 Å². The van der Waals surface area contributed by atoms with Crippen LogP contribution in [0.25, 0.3) is 4.96 Å². The molecule has 1 atom stereocenters. The summed E-state index contributed by atoms with van der Waals surface area (Å²) in [7, 11) is 3.92. The first-order valence-electron chi connectivity index (χ1n) is 8.48. The Balaban J connectivity index is 1.80. The first kappa shape index (κ1) is 16.3. The average molecular weight is 361 g/mol. The molecule has 3 N–H and O–H groups in total. The second-order valence-electron chi connectivity index (χ2n) is 6.57. The van der Waals surface area contributed by atoms with Crippen molar-refractivity contribution in [1.82, 2.24) is 14.6 Å². The standard InChI is InChI=1S/C17H21N5O2S/c1-20-6-8-21(9-7-20)14(12-4-3-5-13(10-12)24-2)15-16(23)22-17(25-15)18-11-19-22/h3-5,10-11,14,23H,6-9H2,1-2H3/p+2/t14-/m1/s1. The number of nitrogens with one attached hydrogen (secondary N) is 2. The topological polar surface area (TPSA) is 68.5 Å². The maximum Gasteiger partial charge on any atom is 0.235 e. The van der Waals surface area contributed by atoms with E-state index in [9.17, 15) is 5.11 Å². The lowest BCUT2D eigenvalue weighted by Crippen LogP contribution is -3.27. The molecule has 0 saturated carbocycles. The fourth-order valence-electron chi connectivity index (χ4n) is 3.56. The number of fused-ring (bicyclic) bond motifs is 1. The number of benzene rings is 1. The summed E-state index contributed by atoms with van der Waals surface area (Å²) in [5, 5.41) is 14.9. The van der Waals surface area contributed by atoms with Gasteiger partial charge in [-0.3, -0.25) is 0 Å². The highest BCUT2D eigenvalue weighted by Gasteiger charge is 2.35. The first-order valence-corrected chi connectivity index (χ1v) is 9.30. The highest BCUT2D eigenvalue weighted by Crippen LogP contribution is 2.35. The van der Waals surface area contributed by atoms with Crippen LogP contribution in [-0.2, 0) is 0 Å². The van der Waals surface area contributed by atoms with Crippen LogP contribution in [0.4, 0.5) is 0 Å². The van der Waals surface area contributed by atoms with Gasteiger partial charge in [0.25, 0.3) is 0 Å². The van der Waals surface area contributed by atoms with E-state index in [2.05, 4.69) is 29.3 Å². The van der Waals surface area contributed by atoms with Crippen LogP contribution in [0.2, 0.25) is 0 Å². The summed E-state index contributed by atoms with van der Waals surface area (Å²) in [5.74, 6) is 1.03. The Kier molecular flexibility index (Phi) is 4.32. The Labute approximate surface area is 150 Å². The van der Waals surface area contributed by atoms with Gasteiger partial charge in [-0.2, -0.15) is 9.61 Å². The number of aromatic hydroxyl groups is 1. The normalized spacial score (nSPS) is 22.2. The molecular weight excluding hydrogens is 338 g/mol. The molecule has 2 aromatic heterocycles. The number of aromatic nitrogens is 3. The zero-order chi connectivity index (χ0) is 17.4. The van der Waals surface area contributed by atoms with Crippen molar-refractivity contribution in [3.8, 4) is 11.6 Å². The van der Waals surface area contributed by atoms with Gasteiger partial charge in [0.05, 0.1) is 14.2 Å².